The smallest absolute Gasteiger partial charge is 0.179 e. The van der Waals surface area contributed by atoms with E-state index in [1.165, 1.54) is 0 Å². The van der Waals surface area contributed by atoms with Crippen LogP contribution >= 0.6 is 15.9 Å². The summed E-state index contributed by atoms with van der Waals surface area (Å²) in [7, 11) is 0. The number of Topliss-reactive ketones (excluding diaryl/α,β-unsaturated/α-hetero) is 1. The Hall–Kier alpha value is -0.770. The van der Waals surface area contributed by atoms with E-state index in [4.69, 9.17) is 0 Å². The number of ketones is 1. The molecule has 0 fully saturated rings. The fourth-order valence-corrected chi connectivity index (χ4v) is 1.15. The van der Waals surface area contributed by atoms with E-state index in [9.17, 15) is 13.6 Å². The van der Waals surface area contributed by atoms with E-state index < -0.39 is 22.2 Å². The molecule has 13 heavy (non-hydrogen) atoms. The Bertz CT molecular complexity index is 336. The molecule has 1 nitrogen and oxygen atoms in total. The third kappa shape index (κ3) is 2.34. The van der Waals surface area contributed by atoms with Gasteiger partial charge >= 0.3 is 0 Å². The SMILES string of the molecule is C[C@@H](Br)C(=O)c1cc(F)ccc1F. The van der Waals surface area contributed by atoms with Crippen LogP contribution in [0.5, 0.6) is 0 Å². The lowest BCUT2D eigenvalue weighted by Crippen LogP contribution is -2.12. The molecule has 0 radical (unpaired) electrons. The normalized spacial score (nSPS) is 12.6. The Morgan fingerprint density at radius 2 is 2.08 bits per heavy atom. The summed E-state index contributed by atoms with van der Waals surface area (Å²) >= 11 is 3.00. The van der Waals surface area contributed by atoms with Crippen molar-refractivity contribution in [3.05, 3.63) is 35.4 Å². The predicted molar refractivity (Wildman–Crippen MR) is 49.1 cm³/mol. The predicted octanol–water partition coefficient (Wildman–Crippen LogP) is 2.93. The summed E-state index contributed by atoms with van der Waals surface area (Å²) in [5.41, 5.74) is -0.218. The maximum absolute atomic E-state index is 13.0. The third-order valence-electron chi connectivity index (χ3n) is 1.56. The number of carbonyl (C=O) groups is 1. The molecular formula is C9H7BrF2O. The van der Waals surface area contributed by atoms with Crippen LogP contribution in [-0.4, -0.2) is 10.6 Å². The van der Waals surface area contributed by atoms with Crippen molar-refractivity contribution in [1.82, 2.24) is 0 Å². The molecule has 0 amide bonds. The molecule has 0 heterocycles. The molecule has 1 aromatic carbocycles. The van der Waals surface area contributed by atoms with E-state index in [0.717, 1.165) is 18.2 Å². The maximum atomic E-state index is 13.0. The standard InChI is InChI=1S/C9H7BrF2O/c1-5(10)9(13)7-4-6(11)2-3-8(7)12/h2-5H,1H3/t5-/m1/s1. The van der Waals surface area contributed by atoms with E-state index in [2.05, 4.69) is 15.9 Å². The molecule has 0 saturated heterocycles. The fraction of sp³-hybridized carbons (Fsp3) is 0.222. The van der Waals surface area contributed by atoms with Gasteiger partial charge in [-0.2, -0.15) is 0 Å². The summed E-state index contributed by atoms with van der Waals surface area (Å²) in [5.74, 6) is -1.77. The van der Waals surface area contributed by atoms with Crippen molar-refractivity contribution in [2.45, 2.75) is 11.8 Å². The first-order valence-corrected chi connectivity index (χ1v) is 4.57. The lowest BCUT2D eigenvalue weighted by Gasteiger charge is -2.03. The summed E-state index contributed by atoms with van der Waals surface area (Å²) in [6, 6.07) is 2.82. The first-order chi connectivity index (χ1) is 6.02. The number of hydrogen-bond acceptors (Lipinski definition) is 1. The van der Waals surface area contributed by atoms with Crippen LogP contribution in [-0.2, 0) is 0 Å². The van der Waals surface area contributed by atoms with Gasteiger partial charge in [0.05, 0.1) is 10.4 Å². The van der Waals surface area contributed by atoms with Gasteiger partial charge in [0, 0.05) is 0 Å². The summed E-state index contributed by atoms with van der Waals surface area (Å²) in [6.45, 7) is 1.56. The molecule has 0 aliphatic carbocycles. The van der Waals surface area contributed by atoms with Crippen LogP contribution in [0.1, 0.15) is 17.3 Å². The molecule has 1 atom stereocenters. The zero-order chi connectivity index (χ0) is 10.0. The molecule has 0 aromatic heterocycles. The summed E-state index contributed by atoms with van der Waals surface area (Å²) < 4.78 is 25.6. The number of hydrogen-bond donors (Lipinski definition) is 0. The zero-order valence-corrected chi connectivity index (χ0v) is 8.44. The first kappa shape index (κ1) is 10.3. The van der Waals surface area contributed by atoms with E-state index in [0.29, 0.717) is 0 Å². The fourth-order valence-electron chi connectivity index (χ4n) is 0.901. The van der Waals surface area contributed by atoms with Gasteiger partial charge in [0.1, 0.15) is 11.6 Å². The topological polar surface area (TPSA) is 17.1 Å². The second-order valence-electron chi connectivity index (χ2n) is 2.60. The second-order valence-corrected chi connectivity index (χ2v) is 3.98. The number of benzene rings is 1. The molecule has 70 valence electrons. The van der Waals surface area contributed by atoms with Crippen molar-refractivity contribution in [3.63, 3.8) is 0 Å². The van der Waals surface area contributed by atoms with Crippen LogP contribution < -0.4 is 0 Å². The Labute approximate surface area is 82.9 Å². The summed E-state index contributed by atoms with van der Waals surface area (Å²) in [4.78, 5) is 10.8. The van der Waals surface area contributed by atoms with Crippen LogP contribution in [0.15, 0.2) is 18.2 Å². The average molecular weight is 249 g/mol. The van der Waals surface area contributed by atoms with Crippen molar-refractivity contribution in [2.24, 2.45) is 0 Å². The van der Waals surface area contributed by atoms with Crippen LogP contribution in [0.4, 0.5) is 8.78 Å². The van der Waals surface area contributed by atoms with E-state index >= 15 is 0 Å². The van der Waals surface area contributed by atoms with Crippen molar-refractivity contribution in [2.75, 3.05) is 0 Å². The van der Waals surface area contributed by atoms with Gasteiger partial charge in [0.2, 0.25) is 0 Å². The van der Waals surface area contributed by atoms with Crippen LogP contribution in [0, 0.1) is 11.6 Å². The van der Waals surface area contributed by atoms with Gasteiger partial charge in [0.25, 0.3) is 0 Å². The summed E-state index contributed by atoms with van der Waals surface area (Å²) in [5, 5.41) is 0. The van der Waals surface area contributed by atoms with Crippen LogP contribution in [0.25, 0.3) is 0 Å². The maximum Gasteiger partial charge on any atom is 0.179 e. The van der Waals surface area contributed by atoms with E-state index in [-0.39, 0.29) is 5.56 Å². The first-order valence-electron chi connectivity index (χ1n) is 3.65. The quantitative estimate of drug-likeness (QED) is 0.581. The molecule has 0 bridgehead atoms. The minimum atomic E-state index is -0.697. The Morgan fingerprint density at radius 3 is 2.62 bits per heavy atom. The van der Waals surface area contributed by atoms with Gasteiger partial charge in [-0.25, -0.2) is 8.78 Å². The highest BCUT2D eigenvalue weighted by molar-refractivity contribution is 9.10. The van der Waals surface area contributed by atoms with Gasteiger partial charge in [-0.15, -0.1) is 0 Å². The van der Waals surface area contributed by atoms with E-state index in [1.54, 1.807) is 6.92 Å². The molecule has 4 heteroatoms. The molecular weight excluding hydrogens is 242 g/mol. The van der Waals surface area contributed by atoms with Gasteiger partial charge in [-0.1, -0.05) is 15.9 Å². The minimum absolute atomic E-state index is 0.218. The van der Waals surface area contributed by atoms with Crippen LogP contribution in [0.3, 0.4) is 0 Å². The van der Waals surface area contributed by atoms with Gasteiger partial charge < -0.3 is 0 Å². The lowest BCUT2D eigenvalue weighted by atomic mass is 10.1. The molecule has 1 rings (SSSR count). The largest absolute Gasteiger partial charge is 0.293 e. The highest BCUT2D eigenvalue weighted by Gasteiger charge is 2.16. The van der Waals surface area contributed by atoms with Gasteiger partial charge in [-0.3, -0.25) is 4.79 Å². The van der Waals surface area contributed by atoms with Crippen LogP contribution in [0.2, 0.25) is 0 Å². The second kappa shape index (κ2) is 3.96. The highest BCUT2D eigenvalue weighted by Crippen LogP contribution is 2.14. The molecule has 0 saturated carbocycles. The zero-order valence-electron chi connectivity index (χ0n) is 6.85. The Morgan fingerprint density at radius 1 is 1.46 bits per heavy atom. The van der Waals surface area contributed by atoms with Crippen molar-refractivity contribution < 1.29 is 13.6 Å². The molecule has 0 spiro atoms. The summed E-state index contributed by atoms with van der Waals surface area (Å²) in [6.07, 6.45) is 0. The molecule has 0 aliphatic rings. The van der Waals surface area contributed by atoms with Crippen molar-refractivity contribution >= 4 is 21.7 Å². The molecule has 0 aliphatic heterocycles. The van der Waals surface area contributed by atoms with Gasteiger partial charge in [0.15, 0.2) is 5.78 Å². The Kier molecular flexibility index (Phi) is 3.14. The van der Waals surface area contributed by atoms with E-state index in [1.807, 2.05) is 0 Å². The monoisotopic (exact) mass is 248 g/mol. The number of halogens is 3. The Balaban J connectivity index is 3.13. The number of rotatable bonds is 2. The highest BCUT2D eigenvalue weighted by atomic mass is 79.9. The minimum Gasteiger partial charge on any atom is -0.293 e. The van der Waals surface area contributed by atoms with Gasteiger partial charge in [-0.05, 0) is 25.1 Å². The average Bonchev–Trinajstić information content (AvgIpc) is 2.08. The number of carbonyl (C=O) groups excluding carboxylic acids is 1. The molecule has 0 unspecified atom stereocenters. The molecule has 0 N–H and O–H groups in total. The van der Waals surface area contributed by atoms with Crippen molar-refractivity contribution in [3.8, 4) is 0 Å². The molecule has 1 aromatic rings. The number of alkyl halides is 1. The lowest BCUT2D eigenvalue weighted by molar-refractivity contribution is 0.0991. The van der Waals surface area contributed by atoms with Crippen molar-refractivity contribution in [1.29, 1.82) is 0 Å². The third-order valence-corrected chi connectivity index (χ3v) is 1.97.